The highest BCUT2D eigenvalue weighted by Crippen LogP contribution is 2.10. The molecule has 0 saturated carbocycles. The van der Waals surface area contributed by atoms with Crippen molar-refractivity contribution >= 4 is 22.5 Å². The minimum atomic E-state index is -0.443. The maximum absolute atomic E-state index is 12.7. The lowest BCUT2D eigenvalue weighted by Crippen LogP contribution is -2.07. The summed E-state index contributed by atoms with van der Waals surface area (Å²) >= 11 is 5.49. The number of fused-ring (bicyclic) bond motifs is 1. The summed E-state index contributed by atoms with van der Waals surface area (Å²) in [6.07, 6.45) is 0. The van der Waals surface area contributed by atoms with Crippen LogP contribution in [0.1, 0.15) is 0 Å². The van der Waals surface area contributed by atoms with Crippen molar-refractivity contribution < 1.29 is 4.39 Å². The lowest BCUT2D eigenvalue weighted by Gasteiger charge is -1.96. The number of aromatic nitrogens is 2. The third-order valence-electron chi connectivity index (χ3n) is 1.64. The molecule has 0 radical (unpaired) electrons. The van der Waals surface area contributed by atoms with Gasteiger partial charge in [0.25, 0.3) is 5.56 Å². The number of halogens is 2. The highest BCUT2D eigenvalue weighted by atomic mass is 35.5. The van der Waals surface area contributed by atoms with E-state index in [2.05, 4.69) is 9.97 Å². The first-order chi connectivity index (χ1) is 6.16. The molecular weight excluding hydrogens is 195 g/mol. The summed E-state index contributed by atoms with van der Waals surface area (Å²) in [4.78, 5) is 17.3. The maximum Gasteiger partial charge on any atom is 0.259 e. The lowest BCUT2D eigenvalue weighted by atomic mass is 10.2. The molecule has 1 aromatic carbocycles. The van der Waals surface area contributed by atoms with E-state index in [-0.39, 0.29) is 16.4 Å². The summed E-state index contributed by atoms with van der Waals surface area (Å²) in [7, 11) is 0. The fourth-order valence-corrected chi connectivity index (χ4v) is 1.26. The van der Waals surface area contributed by atoms with Gasteiger partial charge in [-0.15, -0.1) is 0 Å². The second-order valence-corrected chi connectivity index (χ2v) is 2.88. The summed E-state index contributed by atoms with van der Waals surface area (Å²) < 4.78 is 12.7. The van der Waals surface area contributed by atoms with E-state index in [1.165, 1.54) is 12.1 Å². The van der Waals surface area contributed by atoms with E-state index in [4.69, 9.17) is 11.6 Å². The summed E-state index contributed by atoms with van der Waals surface area (Å²) in [5, 5.41) is 0.286. The highest BCUT2D eigenvalue weighted by molar-refractivity contribution is 6.28. The SMILES string of the molecule is O=c1[nH]c(Cl)nc2cc(F)ccc12. The molecule has 2 rings (SSSR count). The molecule has 0 aliphatic rings. The van der Waals surface area contributed by atoms with Gasteiger partial charge in [0.1, 0.15) is 5.82 Å². The van der Waals surface area contributed by atoms with Crippen LogP contribution in [0.3, 0.4) is 0 Å². The first-order valence-electron chi connectivity index (χ1n) is 3.52. The number of hydrogen-bond acceptors (Lipinski definition) is 2. The Balaban J connectivity index is 2.95. The molecule has 1 N–H and O–H groups in total. The minimum Gasteiger partial charge on any atom is -0.297 e. The number of nitrogens with one attached hydrogen (secondary N) is 1. The van der Waals surface area contributed by atoms with Gasteiger partial charge in [-0.1, -0.05) is 0 Å². The molecule has 5 heteroatoms. The van der Waals surface area contributed by atoms with Crippen molar-refractivity contribution in [1.29, 1.82) is 0 Å². The minimum absolute atomic E-state index is 0.0388. The van der Waals surface area contributed by atoms with Crippen LogP contribution in [0.5, 0.6) is 0 Å². The van der Waals surface area contributed by atoms with E-state index < -0.39 is 5.82 Å². The van der Waals surface area contributed by atoms with Crippen molar-refractivity contribution in [3.63, 3.8) is 0 Å². The van der Waals surface area contributed by atoms with Gasteiger partial charge in [0.2, 0.25) is 5.28 Å². The van der Waals surface area contributed by atoms with Crippen molar-refractivity contribution in [2.45, 2.75) is 0 Å². The van der Waals surface area contributed by atoms with Crippen molar-refractivity contribution in [2.24, 2.45) is 0 Å². The first-order valence-corrected chi connectivity index (χ1v) is 3.90. The number of benzene rings is 1. The second-order valence-electron chi connectivity index (χ2n) is 2.52. The summed E-state index contributed by atoms with van der Waals surface area (Å²) in [6, 6.07) is 3.73. The molecule has 3 nitrogen and oxygen atoms in total. The fourth-order valence-electron chi connectivity index (χ4n) is 1.08. The molecule has 0 aliphatic carbocycles. The first kappa shape index (κ1) is 8.19. The topological polar surface area (TPSA) is 45.8 Å². The Labute approximate surface area is 77.2 Å². The number of rotatable bonds is 0. The van der Waals surface area contributed by atoms with Crippen LogP contribution in [0.2, 0.25) is 5.28 Å². The summed E-state index contributed by atoms with van der Waals surface area (Å²) in [5.41, 5.74) is -0.108. The largest absolute Gasteiger partial charge is 0.297 e. The predicted octanol–water partition coefficient (Wildman–Crippen LogP) is 1.72. The van der Waals surface area contributed by atoms with Gasteiger partial charge in [-0.2, -0.15) is 0 Å². The van der Waals surface area contributed by atoms with Crippen LogP contribution in [0.25, 0.3) is 10.9 Å². The van der Waals surface area contributed by atoms with Crippen LogP contribution in [0.4, 0.5) is 4.39 Å². The normalized spacial score (nSPS) is 10.6. The molecule has 2 aromatic rings. The average Bonchev–Trinajstić information content (AvgIpc) is 2.02. The molecule has 0 fully saturated rings. The number of nitrogens with zero attached hydrogens (tertiary/aromatic N) is 1. The van der Waals surface area contributed by atoms with Gasteiger partial charge < -0.3 is 0 Å². The van der Waals surface area contributed by atoms with E-state index in [0.717, 1.165) is 6.07 Å². The van der Waals surface area contributed by atoms with Gasteiger partial charge >= 0.3 is 0 Å². The molecule has 1 heterocycles. The molecule has 0 unspecified atom stereocenters. The Kier molecular flexibility index (Phi) is 1.77. The van der Waals surface area contributed by atoms with Gasteiger partial charge in [0.05, 0.1) is 10.9 Å². The quantitative estimate of drug-likeness (QED) is 0.655. The van der Waals surface area contributed by atoms with Crippen LogP contribution in [-0.2, 0) is 0 Å². The third kappa shape index (κ3) is 1.40. The van der Waals surface area contributed by atoms with Gasteiger partial charge in [0, 0.05) is 6.07 Å². The molecule has 0 amide bonds. The zero-order valence-electron chi connectivity index (χ0n) is 6.34. The Morgan fingerprint density at radius 2 is 2.23 bits per heavy atom. The van der Waals surface area contributed by atoms with Crippen LogP contribution in [0.15, 0.2) is 23.0 Å². The van der Waals surface area contributed by atoms with Crippen LogP contribution < -0.4 is 5.56 Å². The Bertz CT molecular complexity index is 518. The Morgan fingerprint density at radius 1 is 1.46 bits per heavy atom. The number of aromatic amines is 1. The van der Waals surface area contributed by atoms with Crippen LogP contribution in [0, 0.1) is 5.82 Å². The monoisotopic (exact) mass is 198 g/mol. The lowest BCUT2D eigenvalue weighted by molar-refractivity contribution is 0.629. The molecule has 1 aromatic heterocycles. The highest BCUT2D eigenvalue weighted by Gasteiger charge is 2.02. The smallest absolute Gasteiger partial charge is 0.259 e. The van der Waals surface area contributed by atoms with E-state index >= 15 is 0 Å². The van der Waals surface area contributed by atoms with Crippen molar-refractivity contribution in [3.05, 3.63) is 39.7 Å². The standard InChI is InChI=1S/C8H4ClFN2O/c9-8-11-6-3-4(10)1-2-5(6)7(13)12-8/h1-3H,(H,11,12,13). The maximum atomic E-state index is 12.7. The molecule has 0 bridgehead atoms. The van der Waals surface area contributed by atoms with Gasteiger partial charge in [-0.3, -0.25) is 9.78 Å². The van der Waals surface area contributed by atoms with Crippen molar-refractivity contribution in [3.8, 4) is 0 Å². The molecular formula is C8H4ClFN2O. The van der Waals surface area contributed by atoms with E-state index in [9.17, 15) is 9.18 Å². The zero-order valence-corrected chi connectivity index (χ0v) is 7.10. The van der Waals surface area contributed by atoms with E-state index in [0.29, 0.717) is 5.39 Å². The zero-order chi connectivity index (χ0) is 9.42. The van der Waals surface area contributed by atoms with Crippen LogP contribution >= 0.6 is 11.6 Å². The molecule has 0 spiro atoms. The molecule has 0 atom stereocenters. The van der Waals surface area contributed by atoms with Gasteiger partial charge in [0.15, 0.2) is 0 Å². The Hall–Kier alpha value is -1.42. The molecule has 0 aliphatic heterocycles. The summed E-state index contributed by atoms with van der Waals surface area (Å²) in [6.45, 7) is 0. The summed E-state index contributed by atoms with van der Waals surface area (Å²) in [5.74, 6) is -0.443. The van der Waals surface area contributed by atoms with Crippen molar-refractivity contribution in [1.82, 2.24) is 9.97 Å². The van der Waals surface area contributed by atoms with E-state index in [1.807, 2.05) is 0 Å². The molecule has 0 saturated heterocycles. The average molecular weight is 199 g/mol. The Morgan fingerprint density at radius 3 is 3.00 bits per heavy atom. The predicted molar refractivity (Wildman–Crippen MR) is 47.3 cm³/mol. The van der Waals surface area contributed by atoms with Gasteiger partial charge in [-0.25, -0.2) is 9.37 Å². The van der Waals surface area contributed by atoms with Gasteiger partial charge in [-0.05, 0) is 23.7 Å². The second kappa shape index (κ2) is 2.81. The third-order valence-corrected chi connectivity index (χ3v) is 1.82. The van der Waals surface area contributed by atoms with Crippen LogP contribution in [-0.4, -0.2) is 9.97 Å². The number of H-pyrrole nitrogens is 1. The number of hydrogen-bond donors (Lipinski definition) is 1. The van der Waals surface area contributed by atoms with Crippen molar-refractivity contribution in [2.75, 3.05) is 0 Å². The fraction of sp³-hybridized carbons (Fsp3) is 0. The molecule has 13 heavy (non-hydrogen) atoms. The molecule has 66 valence electrons. The van der Waals surface area contributed by atoms with E-state index in [1.54, 1.807) is 0 Å².